The van der Waals surface area contributed by atoms with Gasteiger partial charge in [-0.3, -0.25) is 9.59 Å². The Kier molecular flexibility index (Phi) is 4.01. The maximum absolute atomic E-state index is 12.5. The highest BCUT2D eigenvalue weighted by Gasteiger charge is 2.24. The molecule has 1 aliphatic heterocycles. The van der Waals surface area contributed by atoms with Crippen molar-refractivity contribution in [2.45, 2.75) is 18.9 Å². The normalized spacial score (nSPS) is 15.4. The molecule has 1 fully saturated rings. The molecule has 0 saturated heterocycles. The molecule has 2 N–H and O–H groups in total. The summed E-state index contributed by atoms with van der Waals surface area (Å²) in [5.41, 5.74) is 1.53. The number of benzene rings is 2. The van der Waals surface area contributed by atoms with Crippen LogP contribution >= 0.6 is 0 Å². The molecular formula is C19H18N2O4. The zero-order chi connectivity index (χ0) is 17.2. The van der Waals surface area contributed by atoms with Gasteiger partial charge in [-0.15, -0.1) is 0 Å². The molecule has 0 bridgehead atoms. The van der Waals surface area contributed by atoms with Crippen LogP contribution in [0.1, 0.15) is 33.6 Å². The predicted molar refractivity (Wildman–Crippen MR) is 92.3 cm³/mol. The van der Waals surface area contributed by atoms with Crippen LogP contribution in [0, 0.1) is 0 Å². The van der Waals surface area contributed by atoms with E-state index in [2.05, 4.69) is 10.6 Å². The van der Waals surface area contributed by atoms with E-state index in [1.807, 2.05) is 0 Å². The number of hydrogen-bond acceptors (Lipinski definition) is 4. The Morgan fingerprint density at radius 1 is 0.880 bits per heavy atom. The Hall–Kier alpha value is -3.02. The molecule has 1 saturated carbocycles. The fraction of sp³-hybridized carbons (Fsp3) is 0.263. The van der Waals surface area contributed by atoms with E-state index in [4.69, 9.17) is 9.47 Å². The van der Waals surface area contributed by atoms with Gasteiger partial charge >= 0.3 is 0 Å². The number of carbonyl (C=O) groups is 2. The molecule has 2 aromatic rings. The van der Waals surface area contributed by atoms with Gasteiger partial charge in [0.25, 0.3) is 11.8 Å². The monoisotopic (exact) mass is 338 g/mol. The minimum atomic E-state index is -0.280. The molecule has 6 heteroatoms. The first-order valence-corrected chi connectivity index (χ1v) is 8.31. The summed E-state index contributed by atoms with van der Waals surface area (Å²) in [6.45, 7) is 1.01. The van der Waals surface area contributed by atoms with Crippen molar-refractivity contribution >= 4 is 17.5 Å². The van der Waals surface area contributed by atoms with Crippen LogP contribution in [-0.4, -0.2) is 31.1 Å². The summed E-state index contributed by atoms with van der Waals surface area (Å²) >= 11 is 0. The van der Waals surface area contributed by atoms with Crippen LogP contribution in [-0.2, 0) is 0 Å². The second-order valence-corrected chi connectivity index (χ2v) is 6.14. The van der Waals surface area contributed by atoms with Crippen LogP contribution in [0.25, 0.3) is 0 Å². The van der Waals surface area contributed by atoms with Crippen molar-refractivity contribution in [2.75, 3.05) is 18.5 Å². The van der Waals surface area contributed by atoms with E-state index < -0.39 is 0 Å². The lowest BCUT2D eigenvalue weighted by Crippen LogP contribution is -2.25. The molecule has 1 heterocycles. The third-order valence-electron chi connectivity index (χ3n) is 4.10. The van der Waals surface area contributed by atoms with Gasteiger partial charge in [-0.1, -0.05) is 6.07 Å². The first-order chi connectivity index (χ1) is 12.2. The predicted octanol–water partition coefficient (Wildman–Crippen LogP) is 2.60. The lowest BCUT2D eigenvalue weighted by molar-refractivity contribution is 0.0951. The van der Waals surface area contributed by atoms with Crippen LogP contribution in [0.15, 0.2) is 42.5 Å². The minimum Gasteiger partial charge on any atom is -0.486 e. The summed E-state index contributed by atoms with van der Waals surface area (Å²) < 4.78 is 11.0. The second kappa shape index (κ2) is 6.47. The zero-order valence-corrected chi connectivity index (χ0v) is 13.6. The number of amides is 2. The van der Waals surface area contributed by atoms with E-state index in [1.165, 1.54) is 0 Å². The molecule has 25 heavy (non-hydrogen) atoms. The molecule has 1 aliphatic carbocycles. The van der Waals surface area contributed by atoms with E-state index in [-0.39, 0.29) is 17.9 Å². The third-order valence-corrected chi connectivity index (χ3v) is 4.10. The fourth-order valence-corrected chi connectivity index (χ4v) is 2.62. The van der Waals surface area contributed by atoms with Gasteiger partial charge in [0.2, 0.25) is 0 Å². The number of fused-ring (bicyclic) bond motifs is 1. The lowest BCUT2D eigenvalue weighted by Gasteiger charge is -2.19. The number of ether oxygens (including phenoxy) is 2. The standard InChI is InChI=1S/C19H18N2O4/c22-18(20-14-4-5-14)12-2-1-3-13(10-12)19(23)21-15-6-7-16-17(11-15)25-9-8-24-16/h1-3,6-7,10-11,14H,4-5,8-9H2,(H,20,22)(H,21,23). The third kappa shape index (κ3) is 3.57. The molecule has 2 amide bonds. The van der Waals surface area contributed by atoms with E-state index in [0.717, 1.165) is 12.8 Å². The smallest absolute Gasteiger partial charge is 0.255 e. The van der Waals surface area contributed by atoms with Gasteiger partial charge in [-0.2, -0.15) is 0 Å². The number of nitrogens with one attached hydrogen (secondary N) is 2. The Morgan fingerprint density at radius 2 is 1.60 bits per heavy atom. The molecule has 0 aromatic heterocycles. The average molecular weight is 338 g/mol. The number of rotatable bonds is 4. The SMILES string of the molecule is O=C(Nc1ccc2c(c1)OCCO2)c1cccc(C(=O)NC2CC2)c1. The molecule has 4 rings (SSSR count). The van der Waals surface area contributed by atoms with Crippen LogP contribution in [0.3, 0.4) is 0 Å². The maximum atomic E-state index is 12.5. The topological polar surface area (TPSA) is 76.7 Å². The number of anilines is 1. The summed E-state index contributed by atoms with van der Waals surface area (Å²) in [5.74, 6) is 0.860. The van der Waals surface area contributed by atoms with E-state index >= 15 is 0 Å². The van der Waals surface area contributed by atoms with Crippen molar-refractivity contribution in [1.29, 1.82) is 0 Å². The van der Waals surface area contributed by atoms with Crippen LogP contribution in [0.5, 0.6) is 11.5 Å². The van der Waals surface area contributed by atoms with E-state index in [9.17, 15) is 9.59 Å². The quantitative estimate of drug-likeness (QED) is 0.898. The number of carbonyl (C=O) groups excluding carboxylic acids is 2. The molecule has 2 aliphatic rings. The van der Waals surface area contributed by atoms with Gasteiger partial charge in [0.05, 0.1) is 0 Å². The van der Waals surface area contributed by atoms with Gasteiger partial charge < -0.3 is 20.1 Å². The van der Waals surface area contributed by atoms with Crippen LogP contribution < -0.4 is 20.1 Å². The van der Waals surface area contributed by atoms with E-state index in [1.54, 1.807) is 42.5 Å². The fourth-order valence-electron chi connectivity index (χ4n) is 2.62. The van der Waals surface area contributed by atoms with Crippen molar-refractivity contribution < 1.29 is 19.1 Å². The van der Waals surface area contributed by atoms with Crippen molar-refractivity contribution in [1.82, 2.24) is 5.32 Å². The average Bonchev–Trinajstić information content (AvgIpc) is 3.45. The largest absolute Gasteiger partial charge is 0.486 e. The Morgan fingerprint density at radius 3 is 2.36 bits per heavy atom. The van der Waals surface area contributed by atoms with Crippen LogP contribution in [0.2, 0.25) is 0 Å². The molecule has 128 valence electrons. The molecule has 0 unspecified atom stereocenters. The summed E-state index contributed by atoms with van der Waals surface area (Å²) in [5, 5.41) is 5.74. The van der Waals surface area contributed by atoms with Crippen molar-refractivity contribution in [3.63, 3.8) is 0 Å². The molecule has 6 nitrogen and oxygen atoms in total. The highest BCUT2D eigenvalue weighted by atomic mass is 16.6. The number of hydrogen-bond donors (Lipinski definition) is 2. The molecule has 2 aromatic carbocycles. The highest BCUT2D eigenvalue weighted by molar-refractivity contribution is 6.06. The van der Waals surface area contributed by atoms with Crippen LogP contribution in [0.4, 0.5) is 5.69 Å². The Balaban J connectivity index is 1.48. The van der Waals surface area contributed by atoms with Crippen molar-refractivity contribution in [3.8, 4) is 11.5 Å². The summed E-state index contributed by atoms with van der Waals surface area (Å²) in [6, 6.07) is 12.2. The van der Waals surface area contributed by atoms with Gasteiger partial charge in [0.1, 0.15) is 13.2 Å². The highest BCUT2D eigenvalue weighted by Crippen LogP contribution is 2.32. The lowest BCUT2D eigenvalue weighted by atomic mass is 10.1. The van der Waals surface area contributed by atoms with Crippen molar-refractivity contribution in [2.24, 2.45) is 0 Å². The molecule has 0 spiro atoms. The van der Waals surface area contributed by atoms with Gasteiger partial charge in [-0.05, 0) is 43.2 Å². The summed E-state index contributed by atoms with van der Waals surface area (Å²) in [6.07, 6.45) is 2.05. The second-order valence-electron chi connectivity index (χ2n) is 6.14. The summed E-state index contributed by atoms with van der Waals surface area (Å²) in [7, 11) is 0. The van der Waals surface area contributed by atoms with Gasteiger partial charge in [0.15, 0.2) is 11.5 Å². The first-order valence-electron chi connectivity index (χ1n) is 8.31. The molecule has 0 radical (unpaired) electrons. The zero-order valence-electron chi connectivity index (χ0n) is 13.6. The van der Waals surface area contributed by atoms with E-state index in [0.29, 0.717) is 41.5 Å². The van der Waals surface area contributed by atoms with Crippen molar-refractivity contribution in [3.05, 3.63) is 53.6 Å². The van der Waals surface area contributed by atoms with Gasteiger partial charge in [0, 0.05) is 28.9 Å². The minimum absolute atomic E-state index is 0.142. The first kappa shape index (κ1) is 15.5. The van der Waals surface area contributed by atoms with Gasteiger partial charge in [-0.25, -0.2) is 0 Å². The Labute approximate surface area is 145 Å². The summed E-state index contributed by atoms with van der Waals surface area (Å²) in [4.78, 5) is 24.6. The Bertz CT molecular complexity index is 830. The molecular weight excluding hydrogens is 320 g/mol. The molecule has 0 atom stereocenters. The maximum Gasteiger partial charge on any atom is 0.255 e.